The first-order valence-electron chi connectivity index (χ1n) is 11.7. The van der Waals surface area contributed by atoms with Gasteiger partial charge >= 0.3 is 5.97 Å². The third-order valence-corrected chi connectivity index (χ3v) is 8.58. The van der Waals surface area contributed by atoms with Crippen LogP contribution in [0.3, 0.4) is 0 Å². The van der Waals surface area contributed by atoms with Gasteiger partial charge in [0.05, 0.1) is 13.0 Å². The van der Waals surface area contributed by atoms with Gasteiger partial charge in [-0.2, -0.15) is 0 Å². The maximum atomic E-state index is 10.9. The Hall–Kier alpha value is -1.11. The Morgan fingerprint density at radius 1 is 1.18 bits per heavy atom. The van der Waals surface area contributed by atoms with Crippen LogP contribution in [-0.4, -0.2) is 42.2 Å². The Balaban J connectivity index is 0.00000324. The van der Waals surface area contributed by atoms with Crippen LogP contribution in [0, 0.1) is 0 Å². The number of likely N-dealkylation sites (tertiary alicyclic amines) is 1. The molecule has 4 rings (SSSR count). The molecule has 2 aliphatic rings. The zero-order valence-electron chi connectivity index (χ0n) is 19.4. The van der Waals surface area contributed by atoms with Gasteiger partial charge in [0.25, 0.3) is 0 Å². The Bertz CT molecular complexity index is 986. The van der Waals surface area contributed by atoms with Gasteiger partial charge in [-0.25, -0.2) is 0 Å². The second kappa shape index (κ2) is 12.2. The van der Waals surface area contributed by atoms with Crippen molar-refractivity contribution in [1.29, 1.82) is 0 Å². The summed E-state index contributed by atoms with van der Waals surface area (Å²) < 4.78 is 6.14. The fourth-order valence-electron chi connectivity index (χ4n) is 4.79. The van der Waals surface area contributed by atoms with E-state index < -0.39 is 5.97 Å². The Kier molecular flexibility index (Phi) is 9.88. The molecule has 0 aliphatic carbocycles. The fourth-order valence-corrected chi connectivity index (χ4v) is 6.59. The minimum Gasteiger partial charge on any atom is -0.492 e. The molecule has 34 heavy (non-hydrogen) atoms. The number of hydrogen-bond donors (Lipinski definition) is 1. The molecule has 0 amide bonds. The highest BCUT2D eigenvalue weighted by Crippen LogP contribution is 2.47. The maximum absolute atomic E-state index is 10.9. The number of halogens is 3. The number of unbranched alkanes of at least 4 members (excludes halogenated alkanes) is 1. The average Bonchev–Trinajstić information content (AvgIpc) is 3.14. The molecule has 1 N–H and O–H groups in total. The van der Waals surface area contributed by atoms with Crippen molar-refractivity contribution in [3.63, 3.8) is 0 Å². The largest absolute Gasteiger partial charge is 0.492 e. The maximum Gasteiger partial charge on any atom is 0.304 e. The highest BCUT2D eigenvalue weighted by molar-refractivity contribution is 7.98. The third kappa shape index (κ3) is 6.36. The standard InChI is InChI=1S/C26H31Cl2NO3S.ClH/c1-2-3-4-18-13-22(27)20(23(28)14-18)16-33-19-5-6-21-24(15-19)32-17-26(21)8-11-29(12-9-26)10-7-25(30)31;/h5-6,13-15H,2-4,7-12,16-17H2,1H3,(H,30,31);1H. The van der Waals surface area contributed by atoms with Gasteiger partial charge in [0.15, 0.2) is 0 Å². The van der Waals surface area contributed by atoms with Crippen LogP contribution < -0.4 is 4.74 Å². The SMILES string of the molecule is CCCCc1cc(Cl)c(CSc2ccc3c(c2)OCC32CCN(CCC(=O)O)CC2)c(Cl)c1.Cl. The minimum absolute atomic E-state index is 0. The van der Waals surface area contributed by atoms with Crippen LogP contribution in [0.4, 0.5) is 0 Å². The predicted molar refractivity (Wildman–Crippen MR) is 143 cm³/mol. The molecule has 2 aliphatic heterocycles. The lowest BCUT2D eigenvalue weighted by Crippen LogP contribution is -2.44. The Morgan fingerprint density at radius 3 is 2.53 bits per heavy atom. The van der Waals surface area contributed by atoms with Crippen molar-refractivity contribution in [3.05, 3.63) is 57.1 Å². The lowest BCUT2D eigenvalue weighted by molar-refractivity contribution is -0.137. The highest BCUT2D eigenvalue weighted by Gasteiger charge is 2.43. The van der Waals surface area contributed by atoms with Gasteiger partial charge in [-0.05, 0) is 74.2 Å². The minimum atomic E-state index is -0.732. The summed E-state index contributed by atoms with van der Waals surface area (Å²) in [6.07, 6.45) is 5.50. The van der Waals surface area contributed by atoms with E-state index in [-0.39, 0.29) is 24.2 Å². The van der Waals surface area contributed by atoms with E-state index in [1.165, 1.54) is 11.1 Å². The van der Waals surface area contributed by atoms with E-state index in [4.69, 9.17) is 33.0 Å². The molecule has 0 radical (unpaired) electrons. The number of carboxylic acid groups (broad SMARTS) is 1. The molecule has 0 saturated carbocycles. The normalized spacial score (nSPS) is 16.7. The van der Waals surface area contributed by atoms with Crippen LogP contribution in [0.1, 0.15) is 55.7 Å². The number of carboxylic acids is 1. The molecule has 2 aromatic carbocycles. The van der Waals surface area contributed by atoms with E-state index in [0.29, 0.717) is 18.9 Å². The van der Waals surface area contributed by atoms with Crippen LogP contribution in [0.5, 0.6) is 5.75 Å². The van der Waals surface area contributed by atoms with Crippen molar-refractivity contribution in [2.24, 2.45) is 0 Å². The van der Waals surface area contributed by atoms with E-state index in [2.05, 4.69) is 42.2 Å². The van der Waals surface area contributed by atoms with E-state index in [1.54, 1.807) is 11.8 Å². The molecule has 4 nitrogen and oxygen atoms in total. The van der Waals surface area contributed by atoms with E-state index in [9.17, 15) is 4.79 Å². The summed E-state index contributed by atoms with van der Waals surface area (Å²) in [7, 11) is 0. The number of hydrogen-bond acceptors (Lipinski definition) is 4. The quantitative estimate of drug-likeness (QED) is 0.337. The number of aryl methyl sites for hydroxylation is 1. The molecule has 186 valence electrons. The highest BCUT2D eigenvalue weighted by atomic mass is 35.5. The van der Waals surface area contributed by atoms with E-state index in [0.717, 1.165) is 71.4 Å². The summed E-state index contributed by atoms with van der Waals surface area (Å²) in [6, 6.07) is 10.6. The molecule has 0 atom stereocenters. The molecular weight excluding hydrogens is 513 g/mol. The number of fused-ring (bicyclic) bond motifs is 2. The average molecular weight is 545 g/mol. The number of nitrogens with zero attached hydrogens (tertiary/aromatic N) is 1. The molecule has 0 bridgehead atoms. The topological polar surface area (TPSA) is 49.8 Å². The van der Waals surface area contributed by atoms with Gasteiger partial charge in [-0.1, -0.05) is 42.6 Å². The summed E-state index contributed by atoms with van der Waals surface area (Å²) >= 11 is 14.9. The van der Waals surface area contributed by atoms with Crippen LogP contribution in [0.2, 0.25) is 10.0 Å². The lowest BCUT2D eigenvalue weighted by atomic mass is 9.74. The molecule has 1 saturated heterocycles. The van der Waals surface area contributed by atoms with Crippen molar-refractivity contribution < 1.29 is 14.6 Å². The van der Waals surface area contributed by atoms with Gasteiger partial charge in [-0.3, -0.25) is 4.79 Å². The number of rotatable bonds is 9. The summed E-state index contributed by atoms with van der Waals surface area (Å²) in [5, 5.41) is 10.4. The molecular formula is C26H32Cl3NO3S. The van der Waals surface area contributed by atoms with Crippen molar-refractivity contribution >= 4 is 53.3 Å². The van der Waals surface area contributed by atoms with Gasteiger partial charge in [0.2, 0.25) is 0 Å². The van der Waals surface area contributed by atoms with Crippen molar-refractivity contribution in [1.82, 2.24) is 4.90 Å². The smallest absolute Gasteiger partial charge is 0.304 e. The fraction of sp³-hybridized carbons (Fsp3) is 0.500. The number of thioether (sulfide) groups is 1. The molecule has 8 heteroatoms. The number of ether oxygens (including phenoxy) is 1. The van der Waals surface area contributed by atoms with Crippen LogP contribution >= 0.6 is 47.4 Å². The molecule has 2 heterocycles. The molecule has 0 unspecified atom stereocenters. The molecule has 1 spiro atoms. The van der Waals surface area contributed by atoms with Crippen LogP contribution in [-0.2, 0) is 22.4 Å². The van der Waals surface area contributed by atoms with Crippen LogP contribution in [0.15, 0.2) is 35.2 Å². The third-order valence-electron chi connectivity index (χ3n) is 6.89. The summed E-state index contributed by atoms with van der Waals surface area (Å²) in [4.78, 5) is 14.3. The van der Waals surface area contributed by atoms with Crippen molar-refractivity contribution in [2.75, 3.05) is 26.2 Å². The first-order chi connectivity index (χ1) is 15.9. The second-order valence-corrected chi connectivity index (χ2v) is 11.0. The van der Waals surface area contributed by atoms with E-state index >= 15 is 0 Å². The summed E-state index contributed by atoms with van der Waals surface area (Å²) in [6.45, 7) is 5.34. The Labute approximate surface area is 222 Å². The van der Waals surface area contributed by atoms with Crippen LogP contribution in [0.25, 0.3) is 0 Å². The van der Waals surface area contributed by atoms with Gasteiger partial charge < -0.3 is 14.7 Å². The summed E-state index contributed by atoms with van der Waals surface area (Å²) in [5.74, 6) is 0.963. The van der Waals surface area contributed by atoms with Gasteiger partial charge in [0.1, 0.15) is 5.75 Å². The number of aliphatic carboxylic acids is 1. The Morgan fingerprint density at radius 2 is 1.88 bits per heavy atom. The lowest BCUT2D eigenvalue weighted by Gasteiger charge is -2.38. The van der Waals surface area contributed by atoms with Gasteiger partial charge in [0, 0.05) is 38.2 Å². The first-order valence-corrected chi connectivity index (χ1v) is 13.5. The molecule has 0 aromatic heterocycles. The zero-order chi connectivity index (χ0) is 23.4. The van der Waals surface area contributed by atoms with Crippen molar-refractivity contribution in [2.45, 2.75) is 61.5 Å². The number of benzene rings is 2. The van der Waals surface area contributed by atoms with Crippen molar-refractivity contribution in [3.8, 4) is 5.75 Å². The second-order valence-electron chi connectivity index (χ2n) is 9.14. The van der Waals surface area contributed by atoms with E-state index in [1.807, 2.05) is 0 Å². The molecule has 1 fully saturated rings. The molecule has 2 aromatic rings. The monoisotopic (exact) mass is 543 g/mol. The zero-order valence-corrected chi connectivity index (χ0v) is 22.6. The first kappa shape index (κ1) is 27.5. The number of carbonyl (C=O) groups is 1. The van der Waals surface area contributed by atoms with Gasteiger partial charge in [-0.15, -0.1) is 24.2 Å². The predicted octanol–water partition coefficient (Wildman–Crippen LogP) is 7.25. The summed E-state index contributed by atoms with van der Waals surface area (Å²) in [5.41, 5.74) is 3.53. The number of piperidine rings is 1.